The summed E-state index contributed by atoms with van der Waals surface area (Å²) in [5.74, 6) is 1.01. The summed E-state index contributed by atoms with van der Waals surface area (Å²) >= 11 is 6.42. The predicted molar refractivity (Wildman–Crippen MR) is 134 cm³/mol. The summed E-state index contributed by atoms with van der Waals surface area (Å²) < 4.78 is 1.06. The minimum Gasteiger partial charge on any atom is -0.396 e. The number of amides is 1. The molecule has 2 aromatic rings. The van der Waals surface area contributed by atoms with E-state index in [1.165, 1.54) is 6.20 Å². The number of aromatic nitrogens is 3. The molecule has 9 heteroatoms. The van der Waals surface area contributed by atoms with Crippen molar-refractivity contribution >= 4 is 23.2 Å². The van der Waals surface area contributed by atoms with Gasteiger partial charge in [-0.25, -0.2) is 4.68 Å². The summed E-state index contributed by atoms with van der Waals surface area (Å²) in [5.41, 5.74) is 1.03. The fraction of sp³-hybridized carbons (Fsp3) is 0.600. The second kappa shape index (κ2) is 10.9. The van der Waals surface area contributed by atoms with Crippen molar-refractivity contribution in [3.63, 3.8) is 0 Å². The van der Waals surface area contributed by atoms with Gasteiger partial charge in [-0.1, -0.05) is 46.2 Å². The first-order valence-electron chi connectivity index (χ1n) is 11.9. The lowest BCUT2D eigenvalue weighted by Crippen LogP contribution is -2.48. The summed E-state index contributed by atoms with van der Waals surface area (Å²) in [6.45, 7) is 11.0. The Morgan fingerprint density at radius 1 is 1.29 bits per heavy atom. The average molecular weight is 490 g/mol. The Kier molecular flexibility index (Phi) is 8.36. The van der Waals surface area contributed by atoms with Crippen LogP contribution in [-0.4, -0.2) is 38.4 Å². The Morgan fingerprint density at radius 2 is 1.97 bits per heavy atom. The van der Waals surface area contributed by atoms with Gasteiger partial charge in [0, 0.05) is 25.0 Å². The van der Waals surface area contributed by atoms with Crippen LogP contribution in [0.15, 0.2) is 35.5 Å². The fourth-order valence-corrected chi connectivity index (χ4v) is 5.07. The molecule has 186 valence electrons. The van der Waals surface area contributed by atoms with Gasteiger partial charge in [0.2, 0.25) is 5.91 Å². The van der Waals surface area contributed by atoms with E-state index in [-0.39, 0.29) is 29.6 Å². The van der Waals surface area contributed by atoms with Crippen LogP contribution in [0.3, 0.4) is 0 Å². The van der Waals surface area contributed by atoms with Gasteiger partial charge in [-0.2, -0.15) is 5.10 Å². The van der Waals surface area contributed by atoms with Gasteiger partial charge < -0.3 is 15.7 Å². The zero-order valence-electron chi connectivity index (χ0n) is 20.6. The number of pyridine rings is 1. The minimum absolute atomic E-state index is 0.0289. The molecule has 5 atom stereocenters. The van der Waals surface area contributed by atoms with Gasteiger partial charge in [0.1, 0.15) is 11.6 Å². The molecule has 1 unspecified atom stereocenters. The first kappa shape index (κ1) is 26.2. The molecule has 1 amide bonds. The molecule has 3 rings (SSSR count). The largest absolute Gasteiger partial charge is 0.396 e. The van der Waals surface area contributed by atoms with Crippen LogP contribution in [0.4, 0.5) is 5.69 Å². The Labute approximate surface area is 206 Å². The normalized spacial score (nSPS) is 24.9. The van der Waals surface area contributed by atoms with E-state index >= 15 is 0 Å². The highest BCUT2D eigenvalue weighted by Crippen LogP contribution is 2.48. The number of nitrogens with one attached hydrogen (secondary N) is 2. The highest BCUT2D eigenvalue weighted by atomic mass is 35.5. The van der Waals surface area contributed by atoms with E-state index in [4.69, 9.17) is 11.6 Å². The lowest BCUT2D eigenvalue weighted by atomic mass is 9.58. The van der Waals surface area contributed by atoms with Crippen LogP contribution in [0.1, 0.15) is 59.1 Å². The van der Waals surface area contributed by atoms with E-state index in [2.05, 4.69) is 55.3 Å². The summed E-state index contributed by atoms with van der Waals surface area (Å²) in [4.78, 5) is 29.5. The SMILES string of the molecule is C[C@@H]1[C@@H](C)C(C)(C)[C@@H](C)C[C@H]1Nc1cnn(CC(=O)NC(CCO)c2ccncc2)c(=O)c1Cl. The quantitative estimate of drug-likeness (QED) is 0.522. The third kappa shape index (κ3) is 5.61. The highest BCUT2D eigenvalue weighted by molar-refractivity contribution is 6.32. The molecule has 0 aliphatic heterocycles. The molecule has 34 heavy (non-hydrogen) atoms. The van der Waals surface area contributed by atoms with Crippen LogP contribution >= 0.6 is 11.6 Å². The van der Waals surface area contributed by atoms with Gasteiger partial charge in [-0.15, -0.1) is 0 Å². The summed E-state index contributed by atoms with van der Waals surface area (Å²) in [6.07, 6.45) is 6.08. The number of rotatable bonds is 8. The molecule has 0 spiro atoms. The first-order valence-corrected chi connectivity index (χ1v) is 12.3. The van der Waals surface area contributed by atoms with Crippen LogP contribution in [0.2, 0.25) is 5.02 Å². The van der Waals surface area contributed by atoms with E-state index in [1.807, 2.05) is 0 Å². The van der Waals surface area contributed by atoms with Crippen LogP contribution in [-0.2, 0) is 11.3 Å². The zero-order valence-corrected chi connectivity index (χ0v) is 21.3. The number of aliphatic hydroxyl groups is 1. The second-order valence-corrected chi connectivity index (χ2v) is 10.5. The van der Waals surface area contributed by atoms with Gasteiger partial charge in [0.25, 0.3) is 5.56 Å². The number of aliphatic hydroxyl groups excluding tert-OH is 1. The molecule has 8 nitrogen and oxygen atoms in total. The molecule has 1 saturated carbocycles. The molecule has 1 aliphatic rings. The number of nitrogens with zero attached hydrogens (tertiary/aromatic N) is 3. The molecule has 1 fully saturated rings. The third-order valence-corrected chi connectivity index (χ3v) is 8.32. The molecule has 0 saturated heterocycles. The topological polar surface area (TPSA) is 109 Å². The van der Waals surface area contributed by atoms with Crippen molar-refractivity contribution in [2.45, 2.75) is 66.1 Å². The fourth-order valence-electron chi connectivity index (χ4n) is 4.87. The number of hydrogen-bond donors (Lipinski definition) is 3. The van der Waals surface area contributed by atoms with Crippen LogP contribution in [0.5, 0.6) is 0 Å². The maximum absolute atomic E-state index is 12.9. The molecular formula is C25H36ClN5O3. The Hall–Kier alpha value is -2.45. The monoisotopic (exact) mass is 489 g/mol. The molecule has 0 aromatic carbocycles. The molecular weight excluding hydrogens is 454 g/mol. The number of carbonyl (C=O) groups is 1. The lowest BCUT2D eigenvalue weighted by molar-refractivity contribution is -0.122. The standard InChI is InChI=1S/C25H36ClN5O3/c1-15-12-20(16(2)17(3)25(15,4)5)29-21-13-28-31(24(34)23(21)26)14-22(33)30-19(8-11-32)18-6-9-27-10-7-18/h6-7,9-10,13,15-17,19-20,29,32H,8,11-12,14H2,1-5H3,(H,30,33)/t15-,16+,17+,19?,20+/m0/s1. The van der Waals surface area contributed by atoms with Crippen molar-refractivity contribution in [3.05, 3.63) is 51.7 Å². The summed E-state index contributed by atoms with van der Waals surface area (Å²) in [6, 6.07) is 3.33. The Morgan fingerprint density at radius 3 is 2.62 bits per heavy atom. The van der Waals surface area contributed by atoms with Gasteiger partial charge >= 0.3 is 0 Å². The van der Waals surface area contributed by atoms with Crippen LogP contribution in [0, 0.1) is 23.2 Å². The smallest absolute Gasteiger partial charge is 0.288 e. The van der Waals surface area contributed by atoms with E-state index in [1.54, 1.807) is 24.5 Å². The zero-order chi connectivity index (χ0) is 25.0. The predicted octanol–water partition coefficient (Wildman–Crippen LogP) is 3.65. The summed E-state index contributed by atoms with van der Waals surface area (Å²) in [7, 11) is 0. The second-order valence-electron chi connectivity index (χ2n) is 10.1. The van der Waals surface area contributed by atoms with Crippen molar-refractivity contribution in [1.29, 1.82) is 0 Å². The first-order chi connectivity index (χ1) is 16.1. The number of anilines is 1. The van der Waals surface area contributed by atoms with E-state index in [0.717, 1.165) is 16.7 Å². The average Bonchev–Trinajstić information content (AvgIpc) is 2.81. The van der Waals surface area contributed by atoms with Gasteiger partial charge in [-0.3, -0.25) is 14.6 Å². The molecule has 2 aromatic heterocycles. The lowest BCUT2D eigenvalue weighted by Gasteiger charge is -2.50. The van der Waals surface area contributed by atoms with Crippen molar-refractivity contribution < 1.29 is 9.90 Å². The highest BCUT2D eigenvalue weighted by Gasteiger charge is 2.43. The van der Waals surface area contributed by atoms with Crippen molar-refractivity contribution in [2.75, 3.05) is 11.9 Å². The van der Waals surface area contributed by atoms with Gasteiger partial charge in [0.15, 0.2) is 0 Å². The van der Waals surface area contributed by atoms with Crippen LogP contribution < -0.4 is 16.2 Å². The number of carbonyl (C=O) groups excluding carboxylic acids is 1. The molecule has 0 radical (unpaired) electrons. The molecule has 0 bridgehead atoms. The van der Waals surface area contributed by atoms with Crippen LogP contribution in [0.25, 0.3) is 0 Å². The van der Waals surface area contributed by atoms with Gasteiger partial charge in [-0.05, 0) is 53.7 Å². The van der Waals surface area contributed by atoms with Crippen molar-refractivity contribution in [1.82, 2.24) is 20.1 Å². The number of hydrogen-bond acceptors (Lipinski definition) is 6. The molecule has 3 N–H and O–H groups in total. The van der Waals surface area contributed by atoms with Crippen molar-refractivity contribution in [2.24, 2.45) is 23.2 Å². The maximum atomic E-state index is 12.9. The van der Waals surface area contributed by atoms with Crippen molar-refractivity contribution in [3.8, 4) is 0 Å². The van der Waals surface area contributed by atoms with E-state index in [0.29, 0.717) is 29.9 Å². The summed E-state index contributed by atoms with van der Waals surface area (Å²) in [5, 5.41) is 19.9. The molecule has 1 aliphatic carbocycles. The maximum Gasteiger partial charge on any atom is 0.288 e. The van der Waals surface area contributed by atoms with E-state index < -0.39 is 17.5 Å². The Bertz CT molecular complexity index is 1040. The van der Waals surface area contributed by atoms with E-state index in [9.17, 15) is 14.7 Å². The molecule has 2 heterocycles. The number of halogens is 1. The van der Waals surface area contributed by atoms with Gasteiger partial charge in [0.05, 0.1) is 17.9 Å². The third-order valence-electron chi connectivity index (χ3n) is 7.96. The Balaban J connectivity index is 1.71. The minimum atomic E-state index is -0.519.